The van der Waals surface area contributed by atoms with Crippen LogP contribution < -0.4 is 14.8 Å². The van der Waals surface area contributed by atoms with Crippen molar-refractivity contribution in [2.75, 3.05) is 18.7 Å². The predicted molar refractivity (Wildman–Crippen MR) is 138 cm³/mol. The summed E-state index contributed by atoms with van der Waals surface area (Å²) in [6.45, 7) is 0.414. The van der Waals surface area contributed by atoms with Crippen LogP contribution in [0.15, 0.2) is 77.7 Å². The van der Waals surface area contributed by atoms with Gasteiger partial charge in [-0.2, -0.15) is 0 Å². The minimum absolute atomic E-state index is 0.143. The van der Waals surface area contributed by atoms with Crippen LogP contribution in [0.25, 0.3) is 17.2 Å². The van der Waals surface area contributed by atoms with Crippen LogP contribution in [-0.4, -0.2) is 34.4 Å². The molecule has 2 amide bonds. The van der Waals surface area contributed by atoms with E-state index in [9.17, 15) is 9.59 Å². The number of thiocarbonyl (C=S) groups is 1. The van der Waals surface area contributed by atoms with Crippen LogP contribution in [0.4, 0.5) is 5.69 Å². The maximum atomic E-state index is 12.9. The van der Waals surface area contributed by atoms with E-state index in [1.807, 2.05) is 72.8 Å². The summed E-state index contributed by atoms with van der Waals surface area (Å²) in [5.74, 6) is 0.956. The highest BCUT2D eigenvalue weighted by atomic mass is 32.2. The number of nitrogens with zero attached hydrogens (tertiary/aromatic N) is 1. The van der Waals surface area contributed by atoms with Gasteiger partial charge >= 0.3 is 0 Å². The van der Waals surface area contributed by atoms with E-state index in [1.54, 1.807) is 6.08 Å². The van der Waals surface area contributed by atoms with Gasteiger partial charge in [-0.15, -0.1) is 0 Å². The summed E-state index contributed by atoms with van der Waals surface area (Å²) in [5.41, 5.74) is 3.72. The number of carbonyl (C=O) groups is 2. The number of hydrogen-bond acceptors (Lipinski definition) is 6. The van der Waals surface area contributed by atoms with Crippen LogP contribution in [-0.2, 0) is 9.59 Å². The Bertz CT molecular complexity index is 1290. The highest BCUT2D eigenvalue weighted by molar-refractivity contribution is 8.26. The molecule has 0 aliphatic carbocycles. The van der Waals surface area contributed by atoms with Gasteiger partial charge < -0.3 is 14.8 Å². The third kappa shape index (κ3) is 4.83. The molecule has 0 bridgehead atoms. The summed E-state index contributed by atoms with van der Waals surface area (Å²) in [7, 11) is 0. The average molecular weight is 489 g/mol. The van der Waals surface area contributed by atoms with Crippen LogP contribution in [0.2, 0.25) is 0 Å². The van der Waals surface area contributed by atoms with Crippen molar-refractivity contribution < 1.29 is 19.1 Å². The quantitative estimate of drug-likeness (QED) is 0.375. The Morgan fingerprint density at radius 2 is 1.74 bits per heavy atom. The standard InChI is InChI=1S/C26H20N2O4S2/c29-24(27-20-9-7-19(8-10-20)18-4-2-1-3-5-18)12-13-28-25(30)23(34-26(28)33)15-17-6-11-21-22(14-17)32-16-31-21/h1-11,14-15H,12-13,16H2,(H,27,29). The molecule has 0 aromatic heterocycles. The third-order valence-corrected chi connectivity index (χ3v) is 6.78. The molecule has 1 N–H and O–H groups in total. The van der Waals surface area contributed by atoms with Crippen LogP contribution >= 0.6 is 24.0 Å². The van der Waals surface area contributed by atoms with Crippen molar-refractivity contribution in [3.05, 3.63) is 83.3 Å². The van der Waals surface area contributed by atoms with Gasteiger partial charge in [0.1, 0.15) is 4.32 Å². The van der Waals surface area contributed by atoms with Gasteiger partial charge in [-0.3, -0.25) is 14.5 Å². The first-order chi connectivity index (χ1) is 16.6. The van der Waals surface area contributed by atoms with E-state index in [1.165, 1.54) is 16.7 Å². The summed E-state index contributed by atoms with van der Waals surface area (Å²) in [4.78, 5) is 27.3. The number of nitrogens with one attached hydrogen (secondary N) is 1. The highest BCUT2D eigenvalue weighted by Gasteiger charge is 2.32. The Balaban J connectivity index is 1.17. The van der Waals surface area contributed by atoms with Crippen LogP contribution in [0.5, 0.6) is 11.5 Å². The van der Waals surface area contributed by atoms with Crippen molar-refractivity contribution in [1.29, 1.82) is 0 Å². The molecule has 34 heavy (non-hydrogen) atoms. The zero-order valence-corrected chi connectivity index (χ0v) is 19.7. The Hall–Kier alpha value is -3.62. The lowest BCUT2D eigenvalue weighted by molar-refractivity contribution is -0.122. The second-order valence-electron chi connectivity index (χ2n) is 7.69. The lowest BCUT2D eigenvalue weighted by Crippen LogP contribution is -2.31. The Morgan fingerprint density at radius 1 is 1.00 bits per heavy atom. The van der Waals surface area contributed by atoms with Gasteiger partial charge in [0.25, 0.3) is 5.91 Å². The molecule has 2 heterocycles. The number of hydrogen-bond donors (Lipinski definition) is 1. The third-order valence-electron chi connectivity index (χ3n) is 5.41. The zero-order valence-electron chi connectivity index (χ0n) is 18.0. The van der Waals surface area contributed by atoms with Gasteiger partial charge in [0.05, 0.1) is 4.91 Å². The van der Waals surface area contributed by atoms with E-state index in [0.29, 0.717) is 26.4 Å². The number of anilines is 1. The molecule has 2 aliphatic heterocycles. The molecule has 2 aliphatic rings. The fourth-order valence-corrected chi connectivity index (χ4v) is 4.97. The molecule has 1 fully saturated rings. The van der Waals surface area contributed by atoms with Gasteiger partial charge in [-0.25, -0.2) is 0 Å². The number of carbonyl (C=O) groups excluding carboxylic acids is 2. The van der Waals surface area contributed by atoms with Crippen molar-refractivity contribution in [2.24, 2.45) is 0 Å². The second-order valence-corrected chi connectivity index (χ2v) is 9.36. The van der Waals surface area contributed by atoms with Crippen molar-refractivity contribution in [3.63, 3.8) is 0 Å². The lowest BCUT2D eigenvalue weighted by Gasteiger charge is -2.14. The SMILES string of the molecule is O=C(CCN1C(=O)C(=Cc2ccc3c(c2)OCO3)SC1=S)Nc1ccc(-c2ccccc2)cc1. The Morgan fingerprint density at radius 3 is 2.53 bits per heavy atom. The Labute approximate surface area is 206 Å². The van der Waals surface area contributed by atoms with Crippen LogP contribution in [0.1, 0.15) is 12.0 Å². The Kier molecular flexibility index (Phi) is 6.33. The smallest absolute Gasteiger partial charge is 0.266 e. The topological polar surface area (TPSA) is 67.9 Å². The van der Waals surface area contributed by atoms with Crippen molar-refractivity contribution in [1.82, 2.24) is 4.90 Å². The minimum atomic E-state index is -0.201. The molecule has 0 radical (unpaired) electrons. The van der Waals surface area contributed by atoms with Crippen molar-refractivity contribution >= 4 is 51.9 Å². The summed E-state index contributed by atoms with van der Waals surface area (Å²) < 4.78 is 11.2. The van der Waals surface area contributed by atoms with Gasteiger partial charge in [0.2, 0.25) is 12.7 Å². The predicted octanol–water partition coefficient (Wildman–Crippen LogP) is 5.31. The van der Waals surface area contributed by atoms with E-state index in [0.717, 1.165) is 16.7 Å². The highest BCUT2D eigenvalue weighted by Crippen LogP contribution is 2.36. The molecule has 1 saturated heterocycles. The molecule has 0 atom stereocenters. The average Bonchev–Trinajstić information content (AvgIpc) is 3.42. The molecular formula is C26H20N2O4S2. The summed E-state index contributed by atoms with van der Waals surface area (Å²) in [6.07, 6.45) is 1.92. The fourth-order valence-electron chi connectivity index (χ4n) is 3.66. The van der Waals surface area contributed by atoms with Gasteiger partial charge in [0, 0.05) is 18.7 Å². The molecule has 0 unspecified atom stereocenters. The summed E-state index contributed by atoms with van der Waals surface area (Å²) in [6, 6.07) is 23.2. The number of thioether (sulfide) groups is 1. The number of benzene rings is 3. The van der Waals surface area contributed by atoms with E-state index in [2.05, 4.69) is 5.32 Å². The largest absolute Gasteiger partial charge is 0.454 e. The molecule has 8 heteroatoms. The molecule has 0 saturated carbocycles. The molecule has 170 valence electrons. The molecule has 0 spiro atoms. The molecule has 3 aromatic rings. The first-order valence-electron chi connectivity index (χ1n) is 10.7. The molecule has 3 aromatic carbocycles. The number of rotatable bonds is 6. The van der Waals surface area contributed by atoms with Crippen LogP contribution in [0, 0.1) is 0 Å². The van der Waals surface area contributed by atoms with Gasteiger partial charge in [-0.1, -0.05) is 72.5 Å². The van der Waals surface area contributed by atoms with E-state index >= 15 is 0 Å². The fraction of sp³-hybridized carbons (Fsp3) is 0.115. The van der Waals surface area contributed by atoms with Gasteiger partial charge in [-0.05, 0) is 47.0 Å². The summed E-state index contributed by atoms with van der Waals surface area (Å²) >= 11 is 6.61. The number of amides is 2. The van der Waals surface area contributed by atoms with Crippen LogP contribution in [0.3, 0.4) is 0 Å². The number of fused-ring (bicyclic) bond motifs is 1. The van der Waals surface area contributed by atoms with E-state index in [-0.39, 0.29) is 31.6 Å². The van der Waals surface area contributed by atoms with Crippen molar-refractivity contribution in [3.8, 4) is 22.6 Å². The van der Waals surface area contributed by atoms with E-state index in [4.69, 9.17) is 21.7 Å². The molecule has 6 nitrogen and oxygen atoms in total. The maximum Gasteiger partial charge on any atom is 0.266 e. The summed E-state index contributed by atoms with van der Waals surface area (Å²) in [5, 5.41) is 2.88. The monoisotopic (exact) mass is 488 g/mol. The van der Waals surface area contributed by atoms with Gasteiger partial charge in [0.15, 0.2) is 11.5 Å². The lowest BCUT2D eigenvalue weighted by atomic mass is 10.1. The molecule has 5 rings (SSSR count). The second kappa shape index (κ2) is 9.70. The first-order valence-corrected chi connectivity index (χ1v) is 11.9. The van der Waals surface area contributed by atoms with Crippen molar-refractivity contribution in [2.45, 2.75) is 6.42 Å². The first kappa shape index (κ1) is 22.2. The normalized spacial score (nSPS) is 15.8. The maximum absolute atomic E-state index is 12.9. The van der Waals surface area contributed by atoms with E-state index < -0.39 is 0 Å². The zero-order chi connectivity index (χ0) is 23.5. The number of ether oxygens (including phenoxy) is 2. The minimum Gasteiger partial charge on any atom is -0.454 e. The molecular weight excluding hydrogens is 468 g/mol.